The van der Waals surface area contributed by atoms with E-state index in [0.29, 0.717) is 16.2 Å². The van der Waals surface area contributed by atoms with Crippen LogP contribution in [0.2, 0.25) is 5.02 Å². The second-order valence-electron chi connectivity index (χ2n) is 7.61. The predicted octanol–water partition coefficient (Wildman–Crippen LogP) is 2.53. The van der Waals surface area contributed by atoms with Crippen LogP contribution in [-0.4, -0.2) is 52.9 Å². The number of anilines is 1. The van der Waals surface area contributed by atoms with Crippen LogP contribution in [0.25, 0.3) is 22.4 Å². The van der Waals surface area contributed by atoms with Crippen LogP contribution in [0.3, 0.4) is 0 Å². The fourth-order valence-electron chi connectivity index (χ4n) is 3.68. The van der Waals surface area contributed by atoms with Gasteiger partial charge in [0.15, 0.2) is 0 Å². The summed E-state index contributed by atoms with van der Waals surface area (Å²) in [4.78, 5) is 11.4. The molecule has 0 saturated carbocycles. The Balaban J connectivity index is 1.77. The molecule has 2 unspecified atom stereocenters. The molecule has 1 fully saturated rings. The Bertz CT molecular complexity index is 979. The Kier molecular flexibility index (Phi) is 4.53. The van der Waals surface area contributed by atoms with Gasteiger partial charge in [-0.05, 0) is 26.0 Å². The summed E-state index contributed by atoms with van der Waals surface area (Å²) in [6.45, 7) is 3.79. The average molecular weight is 386 g/mol. The van der Waals surface area contributed by atoms with Gasteiger partial charge in [-0.1, -0.05) is 23.7 Å². The van der Waals surface area contributed by atoms with Crippen LogP contribution in [0, 0.1) is 0 Å². The minimum atomic E-state index is -0.309. The molecule has 7 nitrogen and oxygen atoms in total. The summed E-state index contributed by atoms with van der Waals surface area (Å²) in [5.74, 6) is 0.101. The summed E-state index contributed by atoms with van der Waals surface area (Å²) in [6.07, 6.45) is 2.71. The first-order valence-electron chi connectivity index (χ1n) is 9.05. The van der Waals surface area contributed by atoms with E-state index < -0.39 is 0 Å². The summed E-state index contributed by atoms with van der Waals surface area (Å²) < 4.78 is 0. The smallest absolute Gasteiger partial charge is 0.200 e. The molecule has 142 valence electrons. The maximum absolute atomic E-state index is 6.62. The van der Waals surface area contributed by atoms with Crippen molar-refractivity contribution in [1.29, 1.82) is 0 Å². The van der Waals surface area contributed by atoms with Crippen molar-refractivity contribution in [2.45, 2.75) is 24.8 Å². The maximum atomic E-state index is 6.62. The molecule has 1 aliphatic rings. The van der Waals surface area contributed by atoms with Gasteiger partial charge in [-0.2, -0.15) is 5.10 Å². The highest BCUT2D eigenvalue weighted by atomic mass is 35.5. The van der Waals surface area contributed by atoms with Gasteiger partial charge >= 0.3 is 0 Å². The number of hydrogen-bond donors (Lipinski definition) is 3. The van der Waals surface area contributed by atoms with E-state index >= 15 is 0 Å². The van der Waals surface area contributed by atoms with Crippen LogP contribution in [0.5, 0.6) is 0 Å². The number of fused-ring (bicyclic) bond motifs is 1. The zero-order valence-electron chi connectivity index (χ0n) is 15.8. The molecule has 0 radical (unpaired) electrons. The van der Waals surface area contributed by atoms with Crippen molar-refractivity contribution < 1.29 is 0 Å². The summed E-state index contributed by atoms with van der Waals surface area (Å²) in [7, 11) is 3.92. The predicted molar refractivity (Wildman–Crippen MR) is 109 cm³/mol. The van der Waals surface area contributed by atoms with Crippen molar-refractivity contribution in [3.63, 3.8) is 0 Å². The molecule has 1 aromatic carbocycles. The Hall–Kier alpha value is -2.22. The monoisotopic (exact) mass is 385 g/mol. The van der Waals surface area contributed by atoms with Gasteiger partial charge in [-0.3, -0.25) is 5.10 Å². The van der Waals surface area contributed by atoms with Gasteiger partial charge in [0.2, 0.25) is 5.65 Å². The standard InChI is InChI=1S/C19H24ClN7/c1-19(21)7-8-22-9-12(19)13-10-23-17-16(25-26-18(17)24-13)11-5-4-6-14(15(11)20)27(2)3/h4-6,10,12,22H,7-9,21H2,1-3H3,(H,24,25,26). The van der Waals surface area contributed by atoms with Crippen LogP contribution in [0.4, 0.5) is 5.69 Å². The molecule has 3 aromatic rings. The Morgan fingerprint density at radius 2 is 2.15 bits per heavy atom. The van der Waals surface area contributed by atoms with E-state index in [9.17, 15) is 0 Å². The van der Waals surface area contributed by atoms with E-state index in [2.05, 4.69) is 27.4 Å². The van der Waals surface area contributed by atoms with Gasteiger partial charge in [-0.25, -0.2) is 9.97 Å². The number of benzene rings is 1. The lowest BCUT2D eigenvalue weighted by molar-refractivity contribution is 0.286. The first kappa shape index (κ1) is 18.2. The average Bonchev–Trinajstić information content (AvgIpc) is 3.04. The molecule has 8 heteroatoms. The van der Waals surface area contributed by atoms with Crippen molar-refractivity contribution >= 4 is 28.5 Å². The molecule has 1 aliphatic heterocycles. The van der Waals surface area contributed by atoms with Gasteiger partial charge in [0.1, 0.15) is 5.52 Å². The summed E-state index contributed by atoms with van der Waals surface area (Å²) in [6, 6.07) is 5.91. The number of nitrogens with two attached hydrogens (primary N) is 1. The number of rotatable bonds is 3. The van der Waals surface area contributed by atoms with E-state index in [1.54, 1.807) is 0 Å². The van der Waals surface area contributed by atoms with Crippen LogP contribution < -0.4 is 16.0 Å². The van der Waals surface area contributed by atoms with Crippen molar-refractivity contribution in [3.8, 4) is 11.3 Å². The van der Waals surface area contributed by atoms with Gasteiger partial charge in [0.05, 0.1) is 22.1 Å². The molecular weight excluding hydrogens is 362 g/mol. The topological polar surface area (TPSA) is 95.8 Å². The summed E-state index contributed by atoms with van der Waals surface area (Å²) >= 11 is 6.62. The minimum absolute atomic E-state index is 0.101. The number of piperidine rings is 1. The zero-order valence-corrected chi connectivity index (χ0v) is 16.5. The molecule has 4 rings (SSSR count). The fourth-order valence-corrected chi connectivity index (χ4v) is 4.07. The molecule has 27 heavy (non-hydrogen) atoms. The highest BCUT2D eigenvalue weighted by molar-refractivity contribution is 6.36. The number of nitrogens with zero attached hydrogens (tertiary/aromatic N) is 4. The summed E-state index contributed by atoms with van der Waals surface area (Å²) in [5.41, 5.74) is 10.9. The molecular formula is C19H24ClN7. The Labute approximate surface area is 163 Å². The van der Waals surface area contributed by atoms with E-state index in [-0.39, 0.29) is 11.5 Å². The third-order valence-electron chi connectivity index (χ3n) is 5.35. The van der Waals surface area contributed by atoms with Gasteiger partial charge in [0, 0.05) is 43.9 Å². The largest absolute Gasteiger partial charge is 0.376 e. The lowest BCUT2D eigenvalue weighted by Gasteiger charge is -2.38. The van der Waals surface area contributed by atoms with Crippen LogP contribution in [0.15, 0.2) is 24.4 Å². The highest BCUT2D eigenvalue weighted by Crippen LogP contribution is 2.37. The van der Waals surface area contributed by atoms with Gasteiger partial charge in [0.25, 0.3) is 0 Å². The fraction of sp³-hybridized carbons (Fsp3) is 0.421. The molecule has 1 saturated heterocycles. The first-order valence-corrected chi connectivity index (χ1v) is 9.43. The number of nitrogens with one attached hydrogen (secondary N) is 2. The normalized spacial score (nSPS) is 22.9. The lowest BCUT2D eigenvalue weighted by Crippen LogP contribution is -2.53. The Morgan fingerprint density at radius 1 is 1.33 bits per heavy atom. The number of aromatic nitrogens is 4. The first-order chi connectivity index (χ1) is 12.9. The number of halogens is 1. The van der Waals surface area contributed by atoms with Crippen LogP contribution >= 0.6 is 11.6 Å². The second-order valence-corrected chi connectivity index (χ2v) is 7.99. The maximum Gasteiger partial charge on any atom is 0.200 e. The van der Waals surface area contributed by atoms with E-state index in [1.165, 1.54) is 0 Å². The number of hydrogen-bond acceptors (Lipinski definition) is 6. The molecule has 0 spiro atoms. The van der Waals surface area contributed by atoms with Crippen molar-refractivity contribution in [1.82, 2.24) is 25.5 Å². The number of aromatic amines is 1. The number of H-pyrrole nitrogens is 1. The third-order valence-corrected chi connectivity index (χ3v) is 5.75. The van der Waals surface area contributed by atoms with E-state index in [1.807, 2.05) is 43.4 Å². The van der Waals surface area contributed by atoms with Crippen molar-refractivity contribution in [3.05, 3.63) is 35.1 Å². The van der Waals surface area contributed by atoms with Gasteiger partial charge in [-0.15, -0.1) is 0 Å². The molecule has 0 bridgehead atoms. The quantitative estimate of drug-likeness (QED) is 0.641. The Morgan fingerprint density at radius 3 is 2.89 bits per heavy atom. The molecule has 0 aliphatic carbocycles. The van der Waals surface area contributed by atoms with Crippen molar-refractivity contribution in [2.24, 2.45) is 5.73 Å². The lowest BCUT2D eigenvalue weighted by atomic mass is 9.79. The highest BCUT2D eigenvalue weighted by Gasteiger charge is 2.35. The molecule has 3 heterocycles. The molecule has 2 aromatic heterocycles. The van der Waals surface area contributed by atoms with Crippen molar-refractivity contribution in [2.75, 3.05) is 32.1 Å². The van der Waals surface area contributed by atoms with E-state index in [0.717, 1.165) is 42.1 Å². The SMILES string of the molecule is CN(C)c1cccc(-c2[nH]nc3nc(C4CNCCC4(C)N)cnc23)c1Cl. The summed E-state index contributed by atoms with van der Waals surface area (Å²) in [5, 5.41) is 11.5. The van der Waals surface area contributed by atoms with Crippen LogP contribution in [0.1, 0.15) is 25.0 Å². The molecule has 4 N–H and O–H groups in total. The zero-order chi connectivity index (χ0) is 19.2. The van der Waals surface area contributed by atoms with Crippen LogP contribution in [-0.2, 0) is 0 Å². The van der Waals surface area contributed by atoms with E-state index in [4.69, 9.17) is 22.3 Å². The van der Waals surface area contributed by atoms with Gasteiger partial charge < -0.3 is 16.0 Å². The molecule has 2 atom stereocenters. The molecule has 0 amide bonds. The third kappa shape index (κ3) is 3.16. The minimum Gasteiger partial charge on any atom is -0.376 e. The second kappa shape index (κ2) is 6.74.